The highest BCUT2D eigenvalue weighted by molar-refractivity contribution is 7.88. The molecule has 136 valence electrons. The molecule has 0 fully saturated rings. The van der Waals surface area contributed by atoms with Gasteiger partial charge in [0.2, 0.25) is 10.0 Å². The minimum absolute atomic E-state index is 0.464. The van der Waals surface area contributed by atoms with E-state index in [0.717, 1.165) is 22.4 Å². The monoisotopic (exact) mass is 376 g/mol. The zero-order valence-corrected chi connectivity index (χ0v) is 15.8. The normalized spacial score (nSPS) is 20.4. The van der Waals surface area contributed by atoms with Crippen molar-refractivity contribution in [1.82, 2.24) is 4.31 Å². The lowest BCUT2D eigenvalue weighted by atomic mass is 9.97. The van der Waals surface area contributed by atoms with E-state index in [-0.39, 0.29) is 0 Å². The average Bonchev–Trinajstić information content (AvgIpc) is 3.11. The fraction of sp³-hybridized carbons (Fsp3) is 0.136. The van der Waals surface area contributed by atoms with Gasteiger partial charge in [0.15, 0.2) is 0 Å². The highest BCUT2D eigenvalue weighted by Gasteiger charge is 2.43. The molecular weight excluding hydrogens is 356 g/mol. The lowest BCUT2D eigenvalue weighted by Crippen LogP contribution is -2.35. The minimum atomic E-state index is -3.52. The Morgan fingerprint density at radius 1 is 0.741 bits per heavy atom. The van der Waals surface area contributed by atoms with Crippen LogP contribution in [-0.2, 0) is 10.0 Å². The topological polar surface area (TPSA) is 49.7 Å². The van der Waals surface area contributed by atoms with Crippen molar-refractivity contribution in [3.63, 3.8) is 0 Å². The first-order chi connectivity index (χ1) is 13.1. The molecule has 0 saturated heterocycles. The van der Waals surface area contributed by atoms with Crippen LogP contribution in [0.5, 0.6) is 0 Å². The molecule has 2 atom stereocenters. The van der Waals surface area contributed by atoms with Crippen LogP contribution in [0.1, 0.15) is 28.9 Å². The third-order valence-corrected chi connectivity index (χ3v) is 5.86. The summed E-state index contributed by atoms with van der Waals surface area (Å²) in [5, 5.41) is 0. The Kier molecular flexibility index (Phi) is 4.64. The van der Waals surface area contributed by atoms with Crippen LogP contribution >= 0.6 is 0 Å². The van der Waals surface area contributed by atoms with Gasteiger partial charge < -0.3 is 0 Å². The average molecular weight is 376 g/mol. The second-order valence-corrected chi connectivity index (χ2v) is 8.46. The van der Waals surface area contributed by atoms with Gasteiger partial charge in [0.05, 0.1) is 18.0 Å². The molecule has 0 saturated carbocycles. The Labute approximate surface area is 159 Å². The fourth-order valence-corrected chi connectivity index (χ4v) is 4.66. The molecule has 4 nitrogen and oxygen atoms in total. The van der Waals surface area contributed by atoms with Gasteiger partial charge in [0, 0.05) is 0 Å². The molecule has 1 aliphatic rings. The predicted octanol–water partition coefficient (Wildman–Crippen LogP) is 4.19. The number of nitrogens with zero attached hydrogens (tertiary/aromatic N) is 2. The van der Waals surface area contributed by atoms with Crippen molar-refractivity contribution in [3.8, 4) is 0 Å². The van der Waals surface area contributed by atoms with Crippen LogP contribution in [0.15, 0.2) is 96.0 Å². The summed E-state index contributed by atoms with van der Waals surface area (Å²) in [4.78, 5) is 4.90. The first kappa shape index (κ1) is 17.6. The van der Waals surface area contributed by atoms with Crippen molar-refractivity contribution < 1.29 is 8.42 Å². The van der Waals surface area contributed by atoms with Crippen LogP contribution in [0.25, 0.3) is 0 Å². The molecule has 1 heterocycles. The van der Waals surface area contributed by atoms with Crippen molar-refractivity contribution >= 4 is 15.7 Å². The number of hydrogen-bond acceptors (Lipinski definition) is 3. The molecule has 0 radical (unpaired) electrons. The van der Waals surface area contributed by atoms with Crippen LogP contribution in [-0.4, -0.2) is 24.7 Å². The Bertz CT molecular complexity index is 1050. The highest BCUT2D eigenvalue weighted by atomic mass is 32.2. The van der Waals surface area contributed by atoms with Crippen LogP contribution in [0, 0.1) is 0 Å². The van der Waals surface area contributed by atoms with Gasteiger partial charge in [-0.05, 0) is 16.7 Å². The third kappa shape index (κ3) is 3.44. The largest absolute Gasteiger partial charge is 0.262 e. The quantitative estimate of drug-likeness (QED) is 0.685. The summed E-state index contributed by atoms with van der Waals surface area (Å²) in [5.74, 6) is 0. The maximum Gasteiger partial charge on any atom is 0.214 e. The molecule has 0 bridgehead atoms. The Balaban J connectivity index is 1.93. The second kappa shape index (κ2) is 7.10. The zero-order chi connectivity index (χ0) is 18.9. The second-order valence-electron chi connectivity index (χ2n) is 6.57. The van der Waals surface area contributed by atoms with Crippen LogP contribution in [0.2, 0.25) is 0 Å². The molecular formula is C22H20N2O2S. The molecule has 4 rings (SSSR count). The van der Waals surface area contributed by atoms with E-state index in [2.05, 4.69) is 0 Å². The van der Waals surface area contributed by atoms with E-state index >= 15 is 0 Å². The van der Waals surface area contributed by atoms with Crippen LogP contribution in [0.4, 0.5) is 0 Å². The number of benzene rings is 3. The first-order valence-electron chi connectivity index (χ1n) is 8.77. The van der Waals surface area contributed by atoms with Gasteiger partial charge in [-0.25, -0.2) is 8.42 Å². The van der Waals surface area contributed by atoms with E-state index in [1.54, 1.807) is 0 Å². The molecule has 5 heteroatoms. The molecule has 1 aliphatic heterocycles. The molecule has 0 N–H and O–H groups in total. The van der Waals surface area contributed by atoms with Gasteiger partial charge in [-0.3, -0.25) is 4.99 Å². The number of rotatable bonds is 4. The summed E-state index contributed by atoms with van der Waals surface area (Å²) in [6.45, 7) is 0. The van der Waals surface area contributed by atoms with E-state index in [1.165, 1.54) is 10.6 Å². The minimum Gasteiger partial charge on any atom is -0.262 e. The van der Waals surface area contributed by atoms with Crippen molar-refractivity contribution in [2.45, 2.75) is 12.2 Å². The molecule has 0 amide bonds. The summed E-state index contributed by atoms with van der Waals surface area (Å²) in [6, 6.07) is 28.6. The molecule has 0 aromatic heterocycles. The van der Waals surface area contributed by atoms with Gasteiger partial charge in [-0.15, -0.1) is 0 Å². The van der Waals surface area contributed by atoms with E-state index in [1.807, 2.05) is 91.0 Å². The molecule has 3 aromatic carbocycles. The lowest BCUT2D eigenvalue weighted by molar-refractivity contribution is 0.337. The standard InChI is InChI=1S/C22H20N2O2S/c1-27(25,26)24-21(18-13-7-3-8-14-18)20(17-11-5-2-6-12-17)23-22(24)19-15-9-4-10-16-19/h2-16,21-22H,1H3/t21-,22+/m0/s1. The van der Waals surface area contributed by atoms with Gasteiger partial charge in [-0.2, -0.15) is 4.31 Å². The Morgan fingerprint density at radius 2 is 1.22 bits per heavy atom. The number of sulfonamides is 1. The van der Waals surface area contributed by atoms with Crippen molar-refractivity contribution in [1.29, 1.82) is 0 Å². The summed E-state index contributed by atoms with van der Waals surface area (Å²) in [5.41, 5.74) is 3.46. The third-order valence-electron chi connectivity index (χ3n) is 4.68. The van der Waals surface area contributed by atoms with Gasteiger partial charge in [0.25, 0.3) is 0 Å². The summed E-state index contributed by atoms with van der Waals surface area (Å²) < 4.78 is 27.2. The molecule has 0 spiro atoms. The molecule has 0 unspecified atom stereocenters. The number of hydrogen-bond donors (Lipinski definition) is 0. The SMILES string of the molecule is CS(=O)(=O)N1[C@@H](c2ccccc2)C(c2ccccc2)=N[C@H]1c1ccccc1. The van der Waals surface area contributed by atoms with E-state index < -0.39 is 22.2 Å². The van der Waals surface area contributed by atoms with Crippen molar-refractivity contribution in [2.75, 3.05) is 6.26 Å². The summed E-state index contributed by atoms with van der Waals surface area (Å²) >= 11 is 0. The molecule has 27 heavy (non-hydrogen) atoms. The maximum atomic E-state index is 12.8. The van der Waals surface area contributed by atoms with E-state index in [9.17, 15) is 8.42 Å². The first-order valence-corrected chi connectivity index (χ1v) is 10.6. The zero-order valence-electron chi connectivity index (χ0n) is 14.9. The Morgan fingerprint density at radius 3 is 1.74 bits per heavy atom. The Hall–Kier alpha value is -2.76. The summed E-state index contributed by atoms with van der Waals surface area (Å²) in [6.07, 6.45) is 0.670. The van der Waals surface area contributed by atoms with E-state index in [0.29, 0.717) is 0 Å². The summed E-state index contributed by atoms with van der Waals surface area (Å²) in [7, 11) is -3.52. The van der Waals surface area contributed by atoms with Gasteiger partial charge in [0.1, 0.15) is 6.17 Å². The molecule has 0 aliphatic carbocycles. The lowest BCUT2D eigenvalue weighted by Gasteiger charge is -2.28. The van der Waals surface area contributed by atoms with Gasteiger partial charge in [-0.1, -0.05) is 91.0 Å². The maximum absolute atomic E-state index is 12.8. The molecule has 3 aromatic rings. The van der Waals surface area contributed by atoms with Crippen molar-refractivity contribution in [3.05, 3.63) is 108 Å². The highest BCUT2D eigenvalue weighted by Crippen LogP contribution is 2.42. The van der Waals surface area contributed by atoms with Crippen LogP contribution < -0.4 is 0 Å². The predicted molar refractivity (Wildman–Crippen MR) is 108 cm³/mol. The van der Waals surface area contributed by atoms with E-state index in [4.69, 9.17) is 4.99 Å². The van der Waals surface area contributed by atoms with Gasteiger partial charge >= 0.3 is 0 Å². The van der Waals surface area contributed by atoms with Crippen LogP contribution in [0.3, 0.4) is 0 Å². The number of aliphatic imine (C=N–C) groups is 1. The van der Waals surface area contributed by atoms with Crippen molar-refractivity contribution in [2.24, 2.45) is 4.99 Å². The smallest absolute Gasteiger partial charge is 0.214 e. The fourth-order valence-electron chi connectivity index (χ4n) is 3.52.